The Kier molecular flexibility index (Phi) is 57.3. The zero-order valence-corrected chi connectivity index (χ0v) is 47.4. The molecule has 0 aromatic carbocycles. The second kappa shape index (κ2) is 60.1. The zero-order chi connectivity index (χ0) is 52.2. The Balaban J connectivity index is 4.05. The summed E-state index contributed by atoms with van der Waals surface area (Å²) in [6.45, 7) is 6.45. The van der Waals surface area contributed by atoms with Crippen LogP contribution in [0.2, 0.25) is 0 Å². The van der Waals surface area contributed by atoms with E-state index in [1.165, 1.54) is 148 Å². The smallest absolute Gasteiger partial charge is 0.306 e. The van der Waals surface area contributed by atoms with Gasteiger partial charge in [0.25, 0.3) is 0 Å². The Labute approximate surface area is 445 Å². The molecule has 0 bridgehead atoms. The first kappa shape index (κ1) is 68.6. The van der Waals surface area contributed by atoms with E-state index in [2.05, 4.69) is 106 Å². The second-order valence-electron chi connectivity index (χ2n) is 20.2. The van der Waals surface area contributed by atoms with Crippen LogP contribution in [0.3, 0.4) is 0 Å². The van der Waals surface area contributed by atoms with Crippen molar-refractivity contribution < 1.29 is 28.6 Å². The molecule has 0 aliphatic heterocycles. The number of carbonyl (C=O) groups excluding carboxylic acids is 3. The summed E-state index contributed by atoms with van der Waals surface area (Å²) in [5.41, 5.74) is 0. The van der Waals surface area contributed by atoms with E-state index in [0.717, 1.165) is 109 Å². The van der Waals surface area contributed by atoms with E-state index < -0.39 is 6.10 Å². The van der Waals surface area contributed by atoms with Crippen molar-refractivity contribution in [2.75, 3.05) is 13.2 Å². The molecule has 0 saturated carbocycles. The minimum atomic E-state index is -0.785. The number of carbonyl (C=O) groups is 3. The molecule has 0 heterocycles. The Morgan fingerprint density at radius 1 is 0.292 bits per heavy atom. The average molecular weight is 1000 g/mol. The molecule has 414 valence electrons. The first-order valence-corrected chi connectivity index (χ1v) is 30.6. The van der Waals surface area contributed by atoms with E-state index in [-0.39, 0.29) is 31.1 Å². The normalized spacial score (nSPS) is 12.7. The number of esters is 3. The lowest BCUT2D eigenvalue weighted by molar-refractivity contribution is -0.167. The largest absolute Gasteiger partial charge is 0.462 e. The van der Waals surface area contributed by atoms with Crippen molar-refractivity contribution in [3.63, 3.8) is 0 Å². The summed E-state index contributed by atoms with van der Waals surface area (Å²) in [4.78, 5) is 37.9. The van der Waals surface area contributed by atoms with Gasteiger partial charge in [-0.3, -0.25) is 14.4 Å². The van der Waals surface area contributed by atoms with E-state index in [1.54, 1.807) is 0 Å². The summed E-state index contributed by atoms with van der Waals surface area (Å²) >= 11 is 0. The maximum Gasteiger partial charge on any atom is 0.306 e. The summed E-state index contributed by atoms with van der Waals surface area (Å²) in [6.07, 6.45) is 79.1. The third kappa shape index (κ3) is 57.5. The topological polar surface area (TPSA) is 78.9 Å². The lowest BCUT2D eigenvalue weighted by Crippen LogP contribution is -2.30. The van der Waals surface area contributed by atoms with Gasteiger partial charge in [0.05, 0.1) is 0 Å². The minimum absolute atomic E-state index is 0.0848. The second-order valence-corrected chi connectivity index (χ2v) is 20.2. The fourth-order valence-corrected chi connectivity index (χ4v) is 8.56. The Bertz CT molecular complexity index is 1380. The van der Waals surface area contributed by atoms with Crippen LogP contribution < -0.4 is 0 Å². The fourth-order valence-electron chi connectivity index (χ4n) is 8.56. The first-order chi connectivity index (χ1) is 35.5. The number of unbranched alkanes of at least 4 members (excludes halogenated alkanes) is 30. The van der Waals surface area contributed by atoms with E-state index in [1.807, 2.05) is 0 Å². The van der Waals surface area contributed by atoms with Gasteiger partial charge >= 0.3 is 17.9 Å². The molecule has 0 aliphatic carbocycles. The van der Waals surface area contributed by atoms with Gasteiger partial charge in [-0.05, 0) is 96.3 Å². The van der Waals surface area contributed by atoms with Crippen LogP contribution in [0.5, 0.6) is 0 Å². The van der Waals surface area contributed by atoms with Gasteiger partial charge < -0.3 is 14.2 Å². The van der Waals surface area contributed by atoms with Crippen molar-refractivity contribution in [2.24, 2.45) is 0 Å². The van der Waals surface area contributed by atoms with Crippen molar-refractivity contribution in [1.29, 1.82) is 0 Å². The summed E-state index contributed by atoms with van der Waals surface area (Å²) in [6, 6.07) is 0. The summed E-state index contributed by atoms with van der Waals surface area (Å²) in [7, 11) is 0. The van der Waals surface area contributed by atoms with Crippen molar-refractivity contribution in [2.45, 2.75) is 303 Å². The van der Waals surface area contributed by atoms with Crippen LogP contribution in [0.15, 0.2) is 85.1 Å². The number of ether oxygens (including phenoxy) is 3. The highest BCUT2D eigenvalue weighted by molar-refractivity contribution is 5.71. The monoisotopic (exact) mass is 1000 g/mol. The maximum atomic E-state index is 12.8. The number of hydrogen-bond donors (Lipinski definition) is 0. The highest BCUT2D eigenvalue weighted by Crippen LogP contribution is 2.16. The van der Waals surface area contributed by atoms with Crippen molar-refractivity contribution in [3.8, 4) is 0 Å². The van der Waals surface area contributed by atoms with Crippen molar-refractivity contribution in [3.05, 3.63) is 85.1 Å². The van der Waals surface area contributed by atoms with E-state index in [9.17, 15) is 14.4 Å². The Hall–Kier alpha value is -3.41. The van der Waals surface area contributed by atoms with Crippen LogP contribution in [0, 0.1) is 0 Å². The molecule has 0 aromatic heterocycles. The minimum Gasteiger partial charge on any atom is -0.462 e. The maximum absolute atomic E-state index is 12.8. The van der Waals surface area contributed by atoms with Gasteiger partial charge in [0.1, 0.15) is 13.2 Å². The molecule has 0 fully saturated rings. The molecule has 0 aliphatic rings. The van der Waals surface area contributed by atoms with Gasteiger partial charge in [0, 0.05) is 19.3 Å². The lowest BCUT2D eigenvalue weighted by Gasteiger charge is -2.18. The molecule has 72 heavy (non-hydrogen) atoms. The van der Waals surface area contributed by atoms with Crippen LogP contribution in [0.1, 0.15) is 297 Å². The van der Waals surface area contributed by atoms with Crippen LogP contribution in [0.25, 0.3) is 0 Å². The van der Waals surface area contributed by atoms with Crippen LogP contribution in [0.4, 0.5) is 0 Å². The quantitative estimate of drug-likeness (QED) is 0.0261. The molecule has 1 atom stereocenters. The molecule has 1 unspecified atom stereocenters. The molecule has 0 spiro atoms. The number of rotatable bonds is 55. The predicted molar refractivity (Wildman–Crippen MR) is 311 cm³/mol. The van der Waals surface area contributed by atoms with E-state index in [4.69, 9.17) is 14.2 Å². The Morgan fingerprint density at radius 3 is 0.847 bits per heavy atom. The molecule has 6 heteroatoms. The van der Waals surface area contributed by atoms with Gasteiger partial charge in [-0.1, -0.05) is 266 Å². The molecular formula is C66H114O6. The number of hydrogen-bond acceptors (Lipinski definition) is 6. The molecule has 0 saturated heterocycles. The van der Waals surface area contributed by atoms with Crippen LogP contribution in [-0.2, 0) is 28.6 Å². The molecule has 0 amide bonds. The standard InChI is InChI=1S/C66H114O6/c1-4-7-10-13-16-18-20-22-24-26-27-28-29-30-31-32-33-34-35-36-37-38-39-41-42-44-46-48-50-53-56-59-65(68)71-62-63(61-70-64(67)58-55-52-15-12-9-6-3)72-66(69)60-57-54-51-49-47-45-43-40-25-23-21-19-17-14-11-8-5-2/h8,11,17,19-20,22-23,25-27,29-30,43,45,63H,4-7,9-10,12-16,18,21,24,28,31-42,44,46-62H2,1-3H3/b11-8-,19-17-,22-20-,25-23-,27-26-,30-29-,45-43-. The number of allylic oxidation sites excluding steroid dienone is 14. The molecule has 0 aromatic rings. The van der Waals surface area contributed by atoms with Gasteiger partial charge in [0.2, 0.25) is 0 Å². The zero-order valence-electron chi connectivity index (χ0n) is 47.4. The van der Waals surface area contributed by atoms with Gasteiger partial charge in [-0.25, -0.2) is 0 Å². The summed E-state index contributed by atoms with van der Waals surface area (Å²) in [5, 5.41) is 0. The molecule has 6 nitrogen and oxygen atoms in total. The summed E-state index contributed by atoms with van der Waals surface area (Å²) in [5.74, 6) is -0.912. The van der Waals surface area contributed by atoms with E-state index in [0.29, 0.717) is 19.3 Å². The lowest BCUT2D eigenvalue weighted by atomic mass is 10.0. The van der Waals surface area contributed by atoms with Crippen LogP contribution >= 0.6 is 0 Å². The Morgan fingerprint density at radius 2 is 0.542 bits per heavy atom. The van der Waals surface area contributed by atoms with Gasteiger partial charge in [-0.15, -0.1) is 0 Å². The first-order valence-electron chi connectivity index (χ1n) is 30.6. The molecular weight excluding hydrogens is 889 g/mol. The van der Waals surface area contributed by atoms with Gasteiger partial charge in [-0.2, -0.15) is 0 Å². The van der Waals surface area contributed by atoms with Crippen molar-refractivity contribution >= 4 is 17.9 Å². The predicted octanol–water partition coefficient (Wildman–Crippen LogP) is 20.7. The highest BCUT2D eigenvalue weighted by atomic mass is 16.6. The third-order valence-corrected chi connectivity index (χ3v) is 13.1. The van der Waals surface area contributed by atoms with Gasteiger partial charge in [0.15, 0.2) is 6.10 Å². The fraction of sp³-hybridized carbons (Fsp3) is 0.742. The molecule has 0 radical (unpaired) electrons. The van der Waals surface area contributed by atoms with E-state index >= 15 is 0 Å². The third-order valence-electron chi connectivity index (χ3n) is 13.1. The highest BCUT2D eigenvalue weighted by Gasteiger charge is 2.19. The molecule has 0 N–H and O–H groups in total. The van der Waals surface area contributed by atoms with Crippen molar-refractivity contribution in [1.82, 2.24) is 0 Å². The summed E-state index contributed by atoms with van der Waals surface area (Å²) < 4.78 is 16.7. The SMILES string of the molecule is CC/C=C\C/C=C\C/C=C\C/C=C\CCCCCCC(=O)OC(COC(=O)CCCCCCCC)COC(=O)CCCCCCCCCCCCCCCCCC/C=C\C/C=C\C/C=C\CCCCCCC. The average Bonchev–Trinajstić information content (AvgIpc) is 3.38. The van der Waals surface area contributed by atoms with Crippen LogP contribution in [-0.4, -0.2) is 37.2 Å². The molecule has 0 rings (SSSR count).